The van der Waals surface area contributed by atoms with Crippen molar-refractivity contribution in [1.29, 1.82) is 0 Å². The highest BCUT2D eigenvalue weighted by atomic mass is 35.5. The summed E-state index contributed by atoms with van der Waals surface area (Å²) in [6, 6.07) is 7.53. The van der Waals surface area contributed by atoms with E-state index in [1.807, 2.05) is 41.7 Å². The van der Waals surface area contributed by atoms with Crippen LogP contribution in [0.4, 0.5) is 0 Å². The van der Waals surface area contributed by atoms with Crippen molar-refractivity contribution in [3.63, 3.8) is 0 Å². The third-order valence-corrected chi connectivity index (χ3v) is 4.61. The number of carbonyl (C=O) groups is 1. The molecule has 0 aliphatic carbocycles. The summed E-state index contributed by atoms with van der Waals surface area (Å²) >= 11 is 6.10. The molecule has 1 aliphatic heterocycles. The van der Waals surface area contributed by atoms with E-state index in [9.17, 15) is 4.79 Å². The van der Waals surface area contributed by atoms with Crippen molar-refractivity contribution in [1.82, 2.24) is 14.5 Å². The topological polar surface area (TPSA) is 38.1 Å². The van der Waals surface area contributed by atoms with Gasteiger partial charge in [-0.15, -0.1) is 0 Å². The first kappa shape index (κ1) is 15.8. The van der Waals surface area contributed by atoms with Gasteiger partial charge in [0.1, 0.15) is 0 Å². The van der Waals surface area contributed by atoms with E-state index in [1.54, 1.807) is 18.3 Å². The van der Waals surface area contributed by atoms with Crippen LogP contribution in [0, 0.1) is 5.92 Å². The summed E-state index contributed by atoms with van der Waals surface area (Å²) in [6.45, 7) is 2.60. The van der Waals surface area contributed by atoms with Gasteiger partial charge in [-0.1, -0.05) is 29.8 Å². The highest BCUT2D eigenvalue weighted by Crippen LogP contribution is 2.20. The molecule has 1 saturated heterocycles. The van der Waals surface area contributed by atoms with E-state index in [-0.39, 0.29) is 5.91 Å². The highest BCUT2D eigenvalue weighted by Gasteiger charge is 2.21. The molecule has 0 saturated carbocycles. The molecule has 0 radical (unpaired) electrons. The van der Waals surface area contributed by atoms with Crippen LogP contribution in [-0.4, -0.2) is 33.4 Å². The van der Waals surface area contributed by atoms with E-state index >= 15 is 0 Å². The number of aromatic nitrogens is 2. The van der Waals surface area contributed by atoms with Crippen LogP contribution in [0.15, 0.2) is 49.1 Å². The molecule has 1 fully saturated rings. The molecule has 0 bridgehead atoms. The Hall–Kier alpha value is -2.07. The van der Waals surface area contributed by atoms with Gasteiger partial charge in [0.25, 0.3) is 0 Å². The standard InChI is InChI=1S/C18H20ClN3O/c19-17-4-2-1-3-16(17)5-6-18(23)22-10-7-15(8-11-22)13-21-12-9-20-14-21/h1-6,9,12,14-15H,7-8,10-11,13H2/b6-5+. The zero-order valence-corrected chi connectivity index (χ0v) is 13.7. The first-order chi connectivity index (χ1) is 11.2. The van der Waals surface area contributed by atoms with Crippen molar-refractivity contribution in [2.24, 2.45) is 5.92 Å². The van der Waals surface area contributed by atoms with Crippen molar-refractivity contribution < 1.29 is 4.79 Å². The maximum atomic E-state index is 12.3. The number of benzene rings is 1. The van der Waals surface area contributed by atoms with Crippen LogP contribution in [-0.2, 0) is 11.3 Å². The molecular formula is C18H20ClN3O. The summed E-state index contributed by atoms with van der Waals surface area (Å²) in [7, 11) is 0. The molecule has 4 nitrogen and oxygen atoms in total. The SMILES string of the molecule is O=C(/C=C/c1ccccc1Cl)N1CCC(Cn2ccnc2)CC1. The van der Waals surface area contributed by atoms with Gasteiger partial charge in [-0.2, -0.15) is 0 Å². The van der Waals surface area contributed by atoms with Crippen LogP contribution in [0.25, 0.3) is 6.08 Å². The number of imidazole rings is 1. The average molecular weight is 330 g/mol. The fourth-order valence-corrected chi connectivity index (χ4v) is 3.10. The van der Waals surface area contributed by atoms with Crippen LogP contribution in [0.2, 0.25) is 5.02 Å². The van der Waals surface area contributed by atoms with Crippen molar-refractivity contribution in [2.75, 3.05) is 13.1 Å². The van der Waals surface area contributed by atoms with Gasteiger partial charge in [-0.3, -0.25) is 4.79 Å². The molecule has 2 aromatic rings. The minimum atomic E-state index is 0.0611. The van der Waals surface area contributed by atoms with Crippen LogP contribution in [0.1, 0.15) is 18.4 Å². The highest BCUT2D eigenvalue weighted by molar-refractivity contribution is 6.32. The number of halogens is 1. The van der Waals surface area contributed by atoms with E-state index in [0.29, 0.717) is 10.9 Å². The smallest absolute Gasteiger partial charge is 0.246 e. The Balaban J connectivity index is 1.51. The monoisotopic (exact) mass is 329 g/mol. The van der Waals surface area contributed by atoms with Gasteiger partial charge in [0.2, 0.25) is 5.91 Å². The summed E-state index contributed by atoms with van der Waals surface area (Å²) in [5.41, 5.74) is 0.873. The largest absolute Gasteiger partial charge is 0.339 e. The number of carbonyl (C=O) groups excluding carboxylic acids is 1. The first-order valence-corrected chi connectivity index (χ1v) is 8.27. The van der Waals surface area contributed by atoms with E-state index < -0.39 is 0 Å². The number of likely N-dealkylation sites (tertiary alicyclic amines) is 1. The van der Waals surface area contributed by atoms with Crippen molar-refractivity contribution in [3.05, 3.63) is 59.6 Å². The zero-order valence-electron chi connectivity index (χ0n) is 12.9. The number of hydrogen-bond acceptors (Lipinski definition) is 2. The average Bonchev–Trinajstić information content (AvgIpc) is 3.07. The summed E-state index contributed by atoms with van der Waals surface area (Å²) in [5, 5.41) is 0.663. The van der Waals surface area contributed by atoms with Gasteiger partial charge in [0.15, 0.2) is 0 Å². The molecule has 1 aromatic heterocycles. The van der Waals surface area contributed by atoms with Gasteiger partial charge >= 0.3 is 0 Å². The lowest BCUT2D eigenvalue weighted by Gasteiger charge is -2.31. The van der Waals surface area contributed by atoms with Crippen LogP contribution in [0.5, 0.6) is 0 Å². The molecular weight excluding hydrogens is 310 g/mol. The molecule has 23 heavy (non-hydrogen) atoms. The lowest BCUT2D eigenvalue weighted by Crippen LogP contribution is -2.38. The molecule has 1 aliphatic rings. The van der Waals surface area contributed by atoms with Gasteiger partial charge in [-0.05, 0) is 36.5 Å². The third kappa shape index (κ3) is 4.23. The maximum absolute atomic E-state index is 12.3. The Morgan fingerprint density at radius 2 is 2.09 bits per heavy atom. The predicted molar refractivity (Wildman–Crippen MR) is 92.0 cm³/mol. The van der Waals surface area contributed by atoms with Crippen LogP contribution >= 0.6 is 11.6 Å². The van der Waals surface area contributed by atoms with E-state index in [1.165, 1.54) is 0 Å². The summed E-state index contributed by atoms with van der Waals surface area (Å²) in [4.78, 5) is 18.3. The zero-order chi connectivity index (χ0) is 16.1. The minimum absolute atomic E-state index is 0.0611. The van der Waals surface area contributed by atoms with E-state index in [2.05, 4.69) is 9.55 Å². The van der Waals surface area contributed by atoms with E-state index in [4.69, 9.17) is 11.6 Å². The maximum Gasteiger partial charge on any atom is 0.246 e. The lowest BCUT2D eigenvalue weighted by molar-refractivity contribution is -0.127. The molecule has 0 unspecified atom stereocenters. The second-order valence-corrected chi connectivity index (χ2v) is 6.29. The molecule has 2 heterocycles. The number of nitrogens with zero attached hydrogens (tertiary/aromatic N) is 3. The number of rotatable bonds is 4. The van der Waals surface area contributed by atoms with Crippen LogP contribution < -0.4 is 0 Å². The van der Waals surface area contributed by atoms with Gasteiger partial charge in [-0.25, -0.2) is 4.98 Å². The first-order valence-electron chi connectivity index (χ1n) is 7.89. The molecule has 0 atom stereocenters. The second kappa shape index (κ2) is 7.47. The number of hydrogen-bond donors (Lipinski definition) is 0. The van der Waals surface area contributed by atoms with Gasteiger partial charge in [0, 0.05) is 43.1 Å². The lowest BCUT2D eigenvalue weighted by atomic mass is 9.96. The van der Waals surface area contributed by atoms with Crippen molar-refractivity contribution >= 4 is 23.6 Å². The molecule has 1 amide bonds. The Kier molecular flexibility index (Phi) is 5.13. The van der Waals surface area contributed by atoms with Crippen molar-refractivity contribution in [3.8, 4) is 0 Å². The van der Waals surface area contributed by atoms with Gasteiger partial charge < -0.3 is 9.47 Å². The molecule has 0 spiro atoms. The summed E-state index contributed by atoms with van der Waals surface area (Å²) in [6.07, 6.45) is 11.1. The molecule has 120 valence electrons. The summed E-state index contributed by atoms with van der Waals surface area (Å²) in [5.74, 6) is 0.673. The predicted octanol–water partition coefficient (Wildman–Crippen LogP) is 3.49. The van der Waals surface area contributed by atoms with E-state index in [0.717, 1.165) is 38.0 Å². The Morgan fingerprint density at radius 1 is 1.30 bits per heavy atom. The Morgan fingerprint density at radius 3 is 2.78 bits per heavy atom. The van der Waals surface area contributed by atoms with Crippen LogP contribution in [0.3, 0.4) is 0 Å². The fourth-order valence-electron chi connectivity index (χ4n) is 2.91. The number of piperidine rings is 1. The second-order valence-electron chi connectivity index (χ2n) is 5.88. The Labute approximate surface area is 141 Å². The molecule has 5 heteroatoms. The summed E-state index contributed by atoms with van der Waals surface area (Å²) < 4.78 is 2.11. The quantitative estimate of drug-likeness (QED) is 0.805. The molecule has 3 rings (SSSR count). The Bertz CT molecular complexity index is 673. The van der Waals surface area contributed by atoms with Crippen molar-refractivity contribution in [2.45, 2.75) is 19.4 Å². The fraction of sp³-hybridized carbons (Fsp3) is 0.333. The molecule has 1 aromatic carbocycles. The minimum Gasteiger partial charge on any atom is -0.339 e. The normalized spacial score (nSPS) is 16.1. The van der Waals surface area contributed by atoms with Gasteiger partial charge in [0.05, 0.1) is 6.33 Å². The molecule has 0 N–H and O–H groups in total. The number of amides is 1. The third-order valence-electron chi connectivity index (χ3n) is 4.27.